The molecular formula is C15H17N3O2. The van der Waals surface area contributed by atoms with Crippen molar-refractivity contribution in [3.05, 3.63) is 53.9 Å². The lowest BCUT2D eigenvalue weighted by molar-refractivity contribution is 0.0780. The standard InChI is InChI=1S/C15H17N3O2/c1-18(10-11-5-3-6-12(9-11)20-2)15(19)14-13(16)7-4-8-17-14/h3-9H,10,16H2,1-2H3. The summed E-state index contributed by atoms with van der Waals surface area (Å²) in [7, 11) is 3.33. The molecule has 1 amide bonds. The van der Waals surface area contributed by atoms with Gasteiger partial charge in [0, 0.05) is 19.8 Å². The van der Waals surface area contributed by atoms with E-state index in [0.29, 0.717) is 12.2 Å². The largest absolute Gasteiger partial charge is 0.497 e. The summed E-state index contributed by atoms with van der Waals surface area (Å²) in [6.07, 6.45) is 1.56. The molecule has 0 radical (unpaired) electrons. The molecule has 0 atom stereocenters. The molecule has 1 heterocycles. The van der Waals surface area contributed by atoms with Gasteiger partial charge in [0.1, 0.15) is 5.75 Å². The van der Waals surface area contributed by atoms with E-state index in [1.807, 2.05) is 24.3 Å². The third kappa shape index (κ3) is 3.06. The number of anilines is 1. The molecule has 0 saturated heterocycles. The minimum absolute atomic E-state index is 0.203. The monoisotopic (exact) mass is 271 g/mol. The molecule has 0 fully saturated rings. The predicted molar refractivity (Wildman–Crippen MR) is 77.4 cm³/mol. The summed E-state index contributed by atoms with van der Waals surface area (Å²) in [6, 6.07) is 11.0. The molecule has 104 valence electrons. The number of rotatable bonds is 4. The van der Waals surface area contributed by atoms with E-state index in [4.69, 9.17) is 10.5 Å². The van der Waals surface area contributed by atoms with Gasteiger partial charge in [-0.25, -0.2) is 4.98 Å². The van der Waals surface area contributed by atoms with Gasteiger partial charge in [0.25, 0.3) is 5.91 Å². The zero-order valence-electron chi connectivity index (χ0n) is 11.5. The first-order valence-corrected chi connectivity index (χ1v) is 6.20. The van der Waals surface area contributed by atoms with Gasteiger partial charge in [0.15, 0.2) is 5.69 Å². The maximum atomic E-state index is 12.3. The molecule has 0 saturated carbocycles. The van der Waals surface area contributed by atoms with Crippen molar-refractivity contribution in [1.29, 1.82) is 0 Å². The minimum atomic E-state index is -0.203. The van der Waals surface area contributed by atoms with E-state index in [1.165, 1.54) is 0 Å². The van der Waals surface area contributed by atoms with Crippen LogP contribution < -0.4 is 10.5 Å². The van der Waals surface area contributed by atoms with E-state index in [2.05, 4.69) is 4.98 Å². The van der Waals surface area contributed by atoms with Gasteiger partial charge in [-0.15, -0.1) is 0 Å². The number of nitrogen functional groups attached to an aromatic ring is 1. The van der Waals surface area contributed by atoms with E-state index in [1.54, 1.807) is 37.4 Å². The van der Waals surface area contributed by atoms with E-state index in [9.17, 15) is 4.79 Å². The summed E-state index contributed by atoms with van der Waals surface area (Å²) in [5, 5.41) is 0. The Morgan fingerprint density at radius 3 is 2.85 bits per heavy atom. The average molecular weight is 271 g/mol. The molecular weight excluding hydrogens is 254 g/mol. The van der Waals surface area contributed by atoms with Crippen molar-refractivity contribution in [3.8, 4) is 5.75 Å². The first-order chi connectivity index (χ1) is 9.61. The lowest BCUT2D eigenvalue weighted by Crippen LogP contribution is -2.27. The predicted octanol–water partition coefficient (Wildman–Crippen LogP) is 1.94. The molecule has 0 aliphatic heterocycles. The van der Waals surface area contributed by atoms with Crippen LogP contribution in [0.4, 0.5) is 5.69 Å². The van der Waals surface area contributed by atoms with Crippen LogP contribution in [0.25, 0.3) is 0 Å². The van der Waals surface area contributed by atoms with E-state index in [0.717, 1.165) is 11.3 Å². The summed E-state index contributed by atoms with van der Waals surface area (Å²) in [4.78, 5) is 17.9. The highest BCUT2D eigenvalue weighted by Crippen LogP contribution is 2.16. The van der Waals surface area contributed by atoms with Crippen molar-refractivity contribution >= 4 is 11.6 Å². The number of hydrogen-bond donors (Lipinski definition) is 1. The number of methoxy groups -OCH3 is 1. The Kier molecular flexibility index (Phi) is 4.20. The van der Waals surface area contributed by atoms with Crippen molar-refractivity contribution < 1.29 is 9.53 Å². The fraction of sp³-hybridized carbons (Fsp3) is 0.200. The number of aromatic nitrogens is 1. The van der Waals surface area contributed by atoms with Crippen LogP contribution in [0, 0.1) is 0 Å². The van der Waals surface area contributed by atoms with Crippen molar-refractivity contribution in [2.75, 3.05) is 19.9 Å². The van der Waals surface area contributed by atoms with Crippen molar-refractivity contribution in [1.82, 2.24) is 9.88 Å². The molecule has 1 aromatic heterocycles. The van der Waals surface area contributed by atoms with Crippen LogP contribution in [0.1, 0.15) is 16.1 Å². The minimum Gasteiger partial charge on any atom is -0.497 e. The van der Waals surface area contributed by atoms with Crippen molar-refractivity contribution in [2.45, 2.75) is 6.54 Å². The van der Waals surface area contributed by atoms with Crippen LogP contribution in [-0.2, 0) is 6.54 Å². The van der Waals surface area contributed by atoms with E-state index < -0.39 is 0 Å². The highest BCUT2D eigenvalue weighted by atomic mass is 16.5. The third-order valence-electron chi connectivity index (χ3n) is 2.94. The molecule has 1 aromatic carbocycles. The number of ether oxygens (including phenoxy) is 1. The molecule has 5 nitrogen and oxygen atoms in total. The first-order valence-electron chi connectivity index (χ1n) is 6.20. The van der Waals surface area contributed by atoms with Crippen molar-refractivity contribution in [2.24, 2.45) is 0 Å². The molecule has 2 aromatic rings. The number of benzene rings is 1. The quantitative estimate of drug-likeness (QED) is 0.922. The second-order valence-corrected chi connectivity index (χ2v) is 4.45. The fourth-order valence-corrected chi connectivity index (χ4v) is 1.89. The van der Waals surface area contributed by atoms with E-state index in [-0.39, 0.29) is 11.6 Å². The fourth-order valence-electron chi connectivity index (χ4n) is 1.89. The number of carbonyl (C=O) groups is 1. The van der Waals surface area contributed by atoms with Crippen LogP contribution in [0.3, 0.4) is 0 Å². The van der Waals surface area contributed by atoms with Crippen molar-refractivity contribution in [3.63, 3.8) is 0 Å². The van der Waals surface area contributed by atoms with Crippen LogP contribution in [0.15, 0.2) is 42.6 Å². The normalized spacial score (nSPS) is 10.1. The lowest BCUT2D eigenvalue weighted by atomic mass is 10.2. The molecule has 20 heavy (non-hydrogen) atoms. The molecule has 5 heteroatoms. The molecule has 0 aliphatic rings. The highest BCUT2D eigenvalue weighted by molar-refractivity contribution is 5.96. The zero-order chi connectivity index (χ0) is 14.5. The third-order valence-corrected chi connectivity index (χ3v) is 2.94. The maximum absolute atomic E-state index is 12.3. The van der Waals surface area contributed by atoms with Gasteiger partial charge >= 0.3 is 0 Å². The number of nitrogens with two attached hydrogens (primary N) is 1. The van der Waals surface area contributed by atoms with E-state index >= 15 is 0 Å². The average Bonchev–Trinajstić information content (AvgIpc) is 2.47. The molecule has 2 N–H and O–H groups in total. The van der Waals surface area contributed by atoms with Crippen LogP contribution in [0.2, 0.25) is 0 Å². The topological polar surface area (TPSA) is 68.5 Å². The van der Waals surface area contributed by atoms with Gasteiger partial charge in [-0.05, 0) is 29.8 Å². The Labute approximate surface area is 118 Å². The number of pyridine rings is 1. The van der Waals surface area contributed by atoms with Gasteiger partial charge in [-0.3, -0.25) is 4.79 Å². The zero-order valence-corrected chi connectivity index (χ0v) is 11.5. The van der Waals surface area contributed by atoms with Crippen LogP contribution in [0.5, 0.6) is 5.75 Å². The summed E-state index contributed by atoms with van der Waals surface area (Å²) in [6.45, 7) is 0.464. The summed E-state index contributed by atoms with van der Waals surface area (Å²) >= 11 is 0. The number of carbonyl (C=O) groups excluding carboxylic acids is 1. The Balaban J connectivity index is 2.13. The highest BCUT2D eigenvalue weighted by Gasteiger charge is 2.16. The Morgan fingerprint density at radius 1 is 1.35 bits per heavy atom. The van der Waals surface area contributed by atoms with Gasteiger partial charge in [0.05, 0.1) is 12.8 Å². The number of nitrogens with zero attached hydrogens (tertiary/aromatic N) is 2. The second-order valence-electron chi connectivity index (χ2n) is 4.45. The SMILES string of the molecule is COc1cccc(CN(C)C(=O)c2ncccc2N)c1. The Morgan fingerprint density at radius 2 is 2.15 bits per heavy atom. The number of hydrogen-bond acceptors (Lipinski definition) is 4. The molecule has 0 bridgehead atoms. The summed E-state index contributed by atoms with van der Waals surface area (Å²) in [5.74, 6) is 0.562. The first kappa shape index (κ1) is 13.9. The van der Waals surface area contributed by atoms with Gasteiger partial charge in [-0.2, -0.15) is 0 Å². The Hall–Kier alpha value is -2.56. The summed E-state index contributed by atoms with van der Waals surface area (Å²) in [5.41, 5.74) is 7.41. The molecule has 0 unspecified atom stereocenters. The second kappa shape index (κ2) is 6.06. The maximum Gasteiger partial charge on any atom is 0.274 e. The molecule has 2 rings (SSSR count). The van der Waals surface area contributed by atoms with Crippen LogP contribution in [-0.4, -0.2) is 29.9 Å². The molecule has 0 spiro atoms. The van der Waals surface area contributed by atoms with Gasteiger partial charge < -0.3 is 15.4 Å². The number of amides is 1. The lowest BCUT2D eigenvalue weighted by Gasteiger charge is -2.18. The van der Waals surface area contributed by atoms with Gasteiger partial charge in [-0.1, -0.05) is 12.1 Å². The Bertz CT molecular complexity index is 614. The van der Waals surface area contributed by atoms with Gasteiger partial charge in [0.2, 0.25) is 0 Å². The smallest absolute Gasteiger partial charge is 0.274 e. The molecule has 0 aliphatic carbocycles. The van der Waals surface area contributed by atoms with Crippen LogP contribution >= 0.6 is 0 Å². The summed E-state index contributed by atoms with van der Waals surface area (Å²) < 4.78 is 5.16.